The molecular formula is C63H45N7. The molecular weight excluding hydrogens is 855 g/mol. The number of allylic oxidation sites excluding steroid dienone is 2. The Bertz CT molecular complexity index is 3910. The number of nitrogens with zero attached hydrogens (tertiary/aromatic N) is 6. The highest BCUT2D eigenvalue weighted by atomic mass is 15.0. The first kappa shape index (κ1) is 41.1. The Labute approximate surface area is 406 Å². The van der Waals surface area contributed by atoms with Gasteiger partial charge in [-0.15, -0.1) is 0 Å². The summed E-state index contributed by atoms with van der Waals surface area (Å²) in [5, 5.41) is 5.96. The molecule has 7 nitrogen and oxygen atoms in total. The zero-order valence-corrected chi connectivity index (χ0v) is 38.7. The number of pyridine rings is 1. The predicted octanol–water partition coefficient (Wildman–Crippen LogP) is 14.4. The summed E-state index contributed by atoms with van der Waals surface area (Å²) in [6, 6.07) is 58.5. The van der Waals surface area contributed by atoms with Crippen LogP contribution < -0.4 is 5.32 Å². The van der Waals surface area contributed by atoms with E-state index in [1.54, 1.807) is 12.7 Å². The fraction of sp³-hybridized carbons (Fsp3) is 0.0635. The van der Waals surface area contributed by atoms with Crippen LogP contribution >= 0.6 is 0 Å². The van der Waals surface area contributed by atoms with Gasteiger partial charge in [0.15, 0.2) is 0 Å². The van der Waals surface area contributed by atoms with Gasteiger partial charge in [0, 0.05) is 99.6 Å². The van der Waals surface area contributed by atoms with E-state index in [2.05, 4.69) is 212 Å². The van der Waals surface area contributed by atoms with E-state index >= 15 is 0 Å². The van der Waals surface area contributed by atoms with Gasteiger partial charge in [-0.1, -0.05) is 98.8 Å². The first-order valence-corrected chi connectivity index (χ1v) is 23.7. The Balaban J connectivity index is 0.984. The largest absolute Gasteiger partial charge is 0.386 e. The van der Waals surface area contributed by atoms with E-state index < -0.39 is 0 Å². The molecule has 7 aromatic carbocycles. The Hall–Kier alpha value is -9.07. The Morgan fingerprint density at radius 2 is 0.971 bits per heavy atom. The van der Waals surface area contributed by atoms with Crippen molar-refractivity contribution >= 4 is 33.0 Å². The highest BCUT2D eigenvalue weighted by Gasteiger charge is 2.36. The molecule has 0 saturated heterocycles. The summed E-state index contributed by atoms with van der Waals surface area (Å²) in [6.45, 7) is 5.44. The first-order chi connectivity index (χ1) is 34.4. The highest BCUT2D eigenvalue weighted by Crippen LogP contribution is 2.51. The number of hydrogen-bond acceptors (Lipinski definition) is 6. The summed E-state index contributed by atoms with van der Waals surface area (Å²) in [7, 11) is 0. The second kappa shape index (κ2) is 16.6. The summed E-state index contributed by atoms with van der Waals surface area (Å²) in [5.74, 6) is 0. The molecule has 1 N–H and O–H groups in total. The van der Waals surface area contributed by atoms with Gasteiger partial charge in [-0.05, 0) is 151 Å². The van der Waals surface area contributed by atoms with Gasteiger partial charge in [0.05, 0.1) is 11.0 Å². The Morgan fingerprint density at radius 3 is 1.70 bits per heavy atom. The van der Waals surface area contributed by atoms with Crippen molar-refractivity contribution in [3.63, 3.8) is 0 Å². The van der Waals surface area contributed by atoms with Crippen molar-refractivity contribution in [2.75, 3.05) is 6.54 Å². The van der Waals surface area contributed by atoms with E-state index in [0.29, 0.717) is 0 Å². The summed E-state index contributed by atoms with van der Waals surface area (Å²) in [6.07, 6.45) is 18.5. The van der Waals surface area contributed by atoms with Crippen molar-refractivity contribution in [2.24, 2.45) is 0 Å². The van der Waals surface area contributed by atoms with Crippen LogP contribution in [0.3, 0.4) is 0 Å². The SMILES string of the molecule is CC1(C)c2ccccc2-c2cc3c4cc(-c5cc(-c6cccc(C7=CC(c8cncnc8)=CNC7)c6)cc(-c6cccc(-c7cncc(-c8cncnc8)c7)c6)c5)ccc4n(-c4ccccc4)c3cc21. The van der Waals surface area contributed by atoms with Crippen LogP contribution in [-0.2, 0) is 5.41 Å². The summed E-state index contributed by atoms with van der Waals surface area (Å²) >= 11 is 0. The third kappa shape index (κ3) is 7.10. The molecule has 2 aliphatic rings. The average Bonchev–Trinajstić information content (AvgIpc) is 3.87. The third-order valence-electron chi connectivity index (χ3n) is 14.3. The van der Waals surface area contributed by atoms with Crippen molar-refractivity contribution in [3.05, 3.63) is 242 Å². The van der Waals surface area contributed by atoms with Gasteiger partial charge in [-0.3, -0.25) is 4.98 Å². The summed E-state index contributed by atoms with van der Waals surface area (Å²) < 4.78 is 2.45. The molecule has 1 aliphatic carbocycles. The minimum Gasteiger partial charge on any atom is -0.386 e. The molecule has 7 heteroatoms. The molecule has 332 valence electrons. The fourth-order valence-electron chi connectivity index (χ4n) is 10.7. The maximum absolute atomic E-state index is 4.64. The van der Waals surface area contributed by atoms with E-state index in [-0.39, 0.29) is 5.41 Å². The molecule has 0 atom stereocenters. The molecule has 13 rings (SSSR count). The molecule has 0 fully saturated rings. The van der Waals surface area contributed by atoms with Gasteiger partial charge in [-0.25, -0.2) is 19.9 Å². The minimum atomic E-state index is -0.120. The van der Waals surface area contributed by atoms with Crippen LogP contribution in [0.2, 0.25) is 0 Å². The van der Waals surface area contributed by atoms with Gasteiger partial charge in [0.25, 0.3) is 0 Å². The van der Waals surface area contributed by atoms with Crippen LogP contribution in [0, 0.1) is 0 Å². The molecule has 0 unspecified atom stereocenters. The van der Waals surface area contributed by atoms with Crippen LogP contribution in [-0.4, -0.2) is 36.0 Å². The smallest absolute Gasteiger partial charge is 0.115 e. The lowest BCUT2D eigenvalue weighted by atomic mass is 9.82. The van der Waals surface area contributed by atoms with Crippen molar-refractivity contribution in [3.8, 4) is 72.4 Å². The number of dihydropyridines is 1. The number of rotatable bonds is 8. The zero-order valence-electron chi connectivity index (χ0n) is 38.7. The number of benzene rings is 7. The molecule has 1 aliphatic heterocycles. The minimum absolute atomic E-state index is 0.120. The quantitative estimate of drug-likeness (QED) is 0.164. The standard InChI is InChI=1S/C63H45N7/c1-63(2)59-17-7-6-16-55(59)56-28-58-57-27-44(18-19-61(57)70(62(58)29-60(56)63)54-14-4-3-5-15-54)47-23-45(40-10-8-12-42(20-40)48-25-50(32-64-30-48)52-34-66-38-67-35-52)22-46(24-47)41-11-9-13-43(21-41)49-26-51(33-65-31-49)53-36-68-39-69-37-53/h3-30,32-39,65H,31H2,1-2H3. The first-order valence-electron chi connectivity index (χ1n) is 23.7. The topological polar surface area (TPSA) is 81.4 Å². The number of aromatic nitrogens is 6. The normalized spacial score (nSPS) is 13.6. The van der Waals surface area contributed by atoms with Gasteiger partial charge < -0.3 is 9.88 Å². The molecule has 0 amide bonds. The van der Waals surface area contributed by atoms with Crippen molar-refractivity contribution in [1.29, 1.82) is 0 Å². The number of hydrogen-bond donors (Lipinski definition) is 1. The van der Waals surface area contributed by atoms with Crippen molar-refractivity contribution in [2.45, 2.75) is 19.3 Å². The van der Waals surface area contributed by atoms with Gasteiger partial charge >= 0.3 is 0 Å². The zero-order chi connectivity index (χ0) is 46.8. The molecule has 0 saturated carbocycles. The van der Waals surface area contributed by atoms with Gasteiger partial charge in [0.1, 0.15) is 12.7 Å². The lowest BCUT2D eigenvalue weighted by molar-refractivity contribution is 0.661. The summed E-state index contributed by atoms with van der Waals surface area (Å²) in [5.41, 5.74) is 24.0. The van der Waals surface area contributed by atoms with E-state index in [9.17, 15) is 0 Å². The molecule has 70 heavy (non-hydrogen) atoms. The molecule has 0 radical (unpaired) electrons. The molecule has 0 spiro atoms. The van der Waals surface area contributed by atoms with Crippen LogP contribution in [0.1, 0.15) is 36.1 Å². The lowest BCUT2D eigenvalue weighted by Gasteiger charge is -2.21. The third-order valence-corrected chi connectivity index (χ3v) is 14.3. The number of nitrogens with one attached hydrogen (secondary N) is 1. The lowest BCUT2D eigenvalue weighted by Crippen LogP contribution is -2.14. The molecule has 0 bridgehead atoms. The van der Waals surface area contributed by atoms with Gasteiger partial charge in [0.2, 0.25) is 0 Å². The summed E-state index contributed by atoms with van der Waals surface area (Å²) in [4.78, 5) is 21.7. The van der Waals surface area contributed by atoms with E-state index in [1.807, 2.05) is 43.4 Å². The van der Waals surface area contributed by atoms with Crippen molar-refractivity contribution in [1.82, 2.24) is 34.8 Å². The van der Waals surface area contributed by atoms with Crippen LogP contribution in [0.4, 0.5) is 0 Å². The number of para-hydroxylation sites is 1. The van der Waals surface area contributed by atoms with Crippen LogP contribution in [0.5, 0.6) is 0 Å². The predicted molar refractivity (Wildman–Crippen MR) is 285 cm³/mol. The Kier molecular flexibility index (Phi) is 9.76. The maximum atomic E-state index is 4.64. The van der Waals surface area contributed by atoms with Crippen LogP contribution in [0.25, 0.3) is 105 Å². The van der Waals surface area contributed by atoms with E-state index in [4.69, 9.17) is 0 Å². The molecule has 4 aromatic heterocycles. The van der Waals surface area contributed by atoms with Crippen LogP contribution in [0.15, 0.2) is 220 Å². The van der Waals surface area contributed by atoms with E-state index in [1.165, 1.54) is 49.6 Å². The second-order valence-corrected chi connectivity index (χ2v) is 18.8. The van der Waals surface area contributed by atoms with Crippen molar-refractivity contribution < 1.29 is 0 Å². The Morgan fingerprint density at radius 1 is 0.414 bits per heavy atom. The van der Waals surface area contributed by atoms with Gasteiger partial charge in [-0.2, -0.15) is 0 Å². The highest BCUT2D eigenvalue weighted by molar-refractivity contribution is 6.13. The molecule has 11 aromatic rings. The maximum Gasteiger partial charge on any atom is 0.115 e. The average molecular weight is 900 g/mol. The van der Waals surface area contributed by atoms with E-state index in [0.717, 1.165) is 84.6 Å². The number of fused-ring (bicyclic) bond motifs is 6. The second-order valence-electron chi connectivity index (χ2n) is 18.8. The monoisotopic (exact) mass is 899 g/mol. The molecule has 5 heterocycles. The fourth-order valence-corrected chi connectivity index (χ4v) is 10.7.